The molecule has 1 aliphatic heterocycles. The Labute approximate surface area is 244 Å². The topological polar surface area (TPSA) is 73.8 Å². The highest BCUT2D eigenvalue weighted by Crippen LogP contribution is 2.39. The first-order chi connectivity index (χ1) is 18.2. The molecule has 0 radical (unpaired) electrons. The highest BCUT2D eigenvalue weighted by molar-refractivity contribution is 5.49. The first-order valence-corrected chi connectivity index (χ1v) is 15.0. The Balaban J connectivity index is 1.84. The van der Waals surface area contributed by atoms with Crippen LogP contribution in [0.1, 0.15) is 129 Å². The number of nitrogens with one attached hydrogen (secondary N) is 2. The van der Waals surface area contributed by atoms with E-state index in [2.05, 4.69) is 118 Å². The monoisotopic (exact) mass is 552 g/mol. The summed E-state index contributed by atoms with van der Waals surface area (Å²) in [6.45, 7) is 27.9. The molecule has 1 unspecified atom stereocenters. The molecular formula is C35H56N2O3. The molecule has 1 saturated heterocycles. The Kier molecular flexibility index (Phi) is 9.45. The first-order valence-electron chi connectivity index (χ1n) is 15.0. The molecule has 2 atom stereocenters. The summed E-state index contributed by atoms with van der Waals surface area (Å²) in [6.07, 6.45) is 1.76. The Morgan fingerprint density at radius 1 is 0.650 bits per heavy atom. The minimum Gasteiger partial charge on any atom is -0.507 e. The van der Waals surface area contributed by atoms with Crippen molar-refractivity contribution in [3.8, 4) is 11.5 Å². The number of hydrogen-bond acceptors (Lipinski definition) is 5. The van der Waals surface area contributed by atoms with E-state index in [4.69, 9.17) is 4.74 Å². The van der Waals surface area contributed by atoms with Crippen LogP contribution in [-0.4, -0.2) is 29.1 Å². The number of hydrogen-bond donors (Lipinski definition) is 4. The lowest BCUT2D eigenvalue weighted by atomic mass is 9.79. The Morgan fingerprint density at radius 2 is 1.07 bits per heavy atom. The van der Waals surface area contributed by atoms with Crippen LogP contribution in [0.4, 0.5) is 0 Å². The fourth-order valence-electron chi connectivity index (χ4n) is 5.31. The van der Waals surface area contributed by atoms with Crippen LogP contribution in [0.25, 0.3) is 0 Å². The van der Waals surface area contributed by atoms with Crippen LogP contribution in [-0.2, 0) is 39.5 Å². The molecule has 0 aliphatic carbocycles. The average molecular weight is 553 g/mol. The summed E-state index contributed by atoms with van der Waals surface area (Å²) in [7, 11) is 0. The molecule has 0 aromatic heterocycles. The van der Waals surface area contributed by atoms with Gasteiger partial charge in [-0.25, -0.2) is 0 Å². The Morgan fingerprint density at radius 3 is 1.48 bits per heavy atom. The third-order valence-corrected chi connectivity index (χ3v) is 8.10. The number of phenols is 2. The van der Waals surface area contributed by atoms with Gasteiger partial charge in [0, 0.05) is 36.9 Å². The van der Waals surface area contributed by atoms with Crippen LogP contribution in [0.15, 0.2) is 24.3 Å². The molecule has 224 valence electrons. The molecule has 0 amide bonds. The standard InChI is InChI=1S/C35H56N2O3/c1-32(2,3)24-16-22(29(38)26(18-24)34(7,8)9)20-36-28-14-13-15-40-31(28)37-21-23-17-25(33(4,5)6)19-27(30(23)39)35(10,11)12/h16-19,28,31,36-39H,13-15,20-21H2,1-12H3/t28-,31?/m1/s1. The normalized spacial score (nSPS) is 19.2. The Bertz CT molecular complexity index is 1080. The minimum absolute atomic E-state index is 0.0179. The first kappa shape index (κ1) is 32.4. The van der Waals surface area contributed by atoms with Crippen LogP contribution in [0, 0.1) is 0 Å². The van der Waals surface area contributed by atoms with Crippen LogP contribution >= 0.6 is 0 Å². The number of ether oxygens (including phenoxy) is 1. The maximum atomic E-state index is 11.3. The SMILES string of the molecule is CC(C)(C)c1cc(CNC2OCCC[C@H]2NCc2cc(C(C)(C)C)cc(C(C)(C)C)c2O)c(O)c(C(C)(C)C)c1. The van der Waals surface area contributed by atoms with Gasteiger partial charge in [-0.1, -0.05) is 107 Å². The summed E-state index contributed by atoms with van der Waals surface area (Å²) in [5.74, 6) is 0.750. The third kappa shape index (κ3) is 7.80. The molecule has 40 heavy (non-hydrogen) atoms. The molecule has 2 aromatic rings. The van der Waals surface area contributed by atoms with Crippen molar-refractivity contribution in [3.05, 3.63) is 57.6 Å². The molecule has 0 spiro atoms. The van der Waals surface area contributed by atoms with E-state index in [0.29, 0.717) is 31.2 Å². The van der Waals surface area contributed by atoms with Crippen molar-refractivity contribution >= 4 is 0 Å². The van der Waals surface area contributed by atoms with Crippen LogP contribution in [0.2, 0.25) is 0 Å². The van der Waals surface area contributed by atoms with Gasteiger partial charge in [-0.15, -0.1) is 0 Å². The molecule has 1 aliphatic rings. The highest BCUT2D eigenvalue weighted by Gasteiger charge is 2.30. The van der Waals surface area contributed by atoms with Gasteiger partial charge >= 0.3 is 0 Å². The van der Waals surface area contributed by atoms with E-state index in [0.717, 1.165) is 35.1 Å². The number of phenolic OH excluding ortho intramolecular Hbond substituents is 2. The predicted octanol–water partition coefficient (Wildman–Crippen LogP) is 7.67. The maximum absolute atomic E-state index is 11.3. The van der Waals surface area contributed by atoms with E-state index >= 15 is 0 Å². The lowest BCUT2D eigenvalue weighted by molar-refractivity contribution is -0.0310. The smallest absolute Gasteiger partial charge is 0.123 e. The van der Waals surface area contributed by atoms with Gasteiger partial charge in [0.1, 0.15) is 17.7 Å². The van der Waals surface area contributed by atoms with Crippen molar-refractivity contribution < 1.29 is 14.9 Å². The van der Waals surface area contributed by atoms with Gasteiger partial charge in [0.2, 0.25) is 0 Å². The van der Waals surface area contributed by atoms with Crippen LogP contribution in [0.5, 0.6) is 11.5 Å². The number of benzene rings is 2. The van der Waals surface area contributed by atoms with Crippen molar-refractivity contribution in [2.75, 3.05) is 6.61 Å². The van der Waals surface area contributed by atoms with E-state index in [1.807, 2.05) is 0 Å². The van der Waals surface area contributed by atoms with Crippen molar-refractivity contribution in [2.45, 2.75) is 143 Å². The van der Waals surface area contributed by atoms with Gasteiger partial charge in [-0.2, -0.15) is 0 Å². The molecule has 0 bridgehead atoms. The summed E-state index contributed by atoms with van der Waals surface area (Å²) in [4.78, 5) is 0. The summed E-state index contributed by atoms with van der Waals surface area (Å²) < 4.78 is 6.20. The van der Waals surface area contributed by atoms with Gasteiger partial charge in [0.25, 0.3) is 0 Å². The van der Waals surface area contributed by atoms with E-state index in [1.165, 1.54) is 11.1 Å². The molecule has 3 rings (SSSR count). The van der Waals surface area contributed by atoms with Crippen molar-refractivity contribution in [1.82, 2.24) is 10.6 Å². The van der Waals surface area contributed by atoms with Gasteiger partial charge in [0.05, 0.1) is 0 Å². The zero-order valence-electron chi connectivity index (χ0n) is 27.3. The fourth-order valence-corrected chi connectivity index (χ4v) is 5.31. The van der Waals surface area contributed by atoms with Crippen molar-refractivity contribution in [1.29, 1.82) is 0 Å². The summed E-state index contributed by atoms with van der Waals surface area (Å²) >= 11 is 0. The van der Waals surface area contributed by atoms with Crippen LogP contribution < -0.4 is 10.6 Å². The molecule has 0 saturated carbocycles. The van der Waals surface area contributed by atoms with E-state index in [9.17, 15) is 10.2 Å². The lowest BCUT2D eigenvalue weighted by Gasteiger charge is -2.34. The lowest BCUT2D eigenvalue weighted by Crippen LogP contribution is -2.51. The fraction of sp³-hybridized carbons (Fsp3) is 0.657. The zero-order chi connectivity index (χ0) is 30.3. The van der Waals surface area contributed by atoms with E-state index < -0.39 is 0 Å². The van der Waals surface area contributed by atoms with Gasteiger partial charge in [-0.3, -0.25) is 5.32 Å². The second kappa shape index (κ2) is 11.7. The quantitative estimate of drug-likeness (QED) is 0.296. The maximum Gasteiger partial charge on any atom is 0.123 e. The molecule has 1 fully saturated rings. The minimum atomic E-state index is -0.195. The summed E-state index contributed by atoms with van der Waals surface area (Å²) in [6, 6.07) is 8.68. The van der Waals surface area contributed by atoms with Gasteiger partial charge in [0.15, 0.2) is 0 Å². The number of rotatable bonds is 6. The Hall–Kier alpha value is -2.08. The summed E-state index contributed by atoms with van der Waals surface area (Å²) in [5.41, 5.74) is 5.85. The van der Waals surface area contributed by atoms with Crippen molar-refractivity contribution in [2.24, 2.45) is 0 Å². The molecule has 5 heteroatoms. The summed E-state index contributed by atoms with van der Waals surface area (Å²) in [5, 5.41) is 29.8. The number of aromatic hydroxyl groups is 2. The largest absolute Gasteiger partial charge is 0.507 e. The molecule has 4 N–H and O–H groups in total. The van der Waals surface area contributed by atoms with Gasteiger partial charge in [-0.05, 0) is 56.8 Å². The predicted molar refractivity (Wildman–Crippen MR) is 167 cm³/mol. The van der Waals surface area contributed by atoms with Gasteiger partial charge < -0.3 is 20.3 Å². The van der Waals surface area contributed by atoms with E-state index in [1.54, 1.807) is 0 Å². The molecule has 1 heterocycles. The third-order valence-electron chi connectivity index (χ3n) is 8.10. The highest BCUT2D eigenvalue weighted by atomic mass is 16.5. The second-order valence-electron chi connectivity index (χ2n) is 15.9. The van der Waals surface area contributed by atoms with Crippen LogP contribution in [0.3, 0.4) is 0 Å². The molecule has 2 aromatic carbocycles. The van der Waals surface area contributed by atoms with Crippen molar-refractivity contribution in [3.63, 3.8) is 0 Å². The molecule has 5 nitrogen and oxygen atoms in total. The van der Waals surface area contributed by atoms with E-state index in [-0.39, 0.29) is 33.9 Å². The molecular weight excluding hydrogens is 496 g/mol. The second-order valence-corrected chi connectivity index (χ2v) is 15.9. The zero-order valence-corrected chi connectivity index (χ0v) is 27.3. The average Bonchev–Trinajstić information content (AvgIpc) is 2.80.